The normalized spacial score (nSPS) is 24.1. The van der Waals surface area contributed by atoms with E-state index in [-0.39, 0.29) is 24.0 Å². The van der Waals surface area contributed by atoms with Gasteiger partial charge in [0.05, 0.1) is 13.2 Å². The van der Waals surface area contributed by atoms with Crippen molar-refractivity contribution in [3.8, 4) is 0 Å². The van der Waals surface area contributed by atoms with E-state index in [9.17, 15) is 0 Å². The van der Waals surface area contributed by atoms with Crippen molar-refractivity contribution in [1.29, 1.82) is 0 Å². The van der Waals surface area contributed by atoms with Crippen LogP contribution in [-0.4, -0.2) is 63.3 Å². The summed E-state index contributed by atoms with van der Waals surface area (Å²) in [5.41, 5.74) is 0.516. The summed E-state index contributed by atoms with van der Waals surface area (Å²) in [5, 5.41) is 7.12. The molecule has 0 aromatic heterocycles. The van der Waals surface area contributed by atoms with E-state index < -0.39 is 0 Å². The number of nitrogens with zero attached hydrogens (tertiary/aromatic N) is 2. The van der Waals surface area contributed by atoms with E-state index in [1.807, 2.05) is 7.05 Å². The van der Waals surface area contributed by atoms with E-state index in [0.29, 0.717) is 17.4 Å². The van der Waals surface area contributed by atoms with Crippen LogP contribution in [0.4, 0.5) is 0 Å². The lowest BCUT2D eigenvalue weighted by Crippen LogP contribution is -2.47. The fraction of sp³-hybridized carbons (Fsp3) is 0.944. The lowest BCUT2D eigenvalue weighted by atomic mass is 9.75. The SMILES string of the molecule is CN=C(NCC(C)CN1CCOCC1)NC1CCC(C)(C)CC1.I. The third kappa shape index (κ3) is 7.87. The zero-order chi connectivity index (χ0) is 16.7. The molecule has 0 bridgehead atoms. The first kappa shape index (κ1) is 22.0. The molecule has 142 valence electrons. The van der Waals surface area contributed by atoms with Crippen molar-refractivity contribution < 1.29 is 4.74 Å². The summed E-state index contributed by atoms with van der Waals surface area (Å²) in [4.78, 5) is 6.89. The smallest absolute Gasteiger partial charge is 0.191 e. The Balaban J connectivity index is 0.00000288. The molecule has 6 heteroatoms. The van der Waals surface area contributed by atoms with Gasteiger partial charge in [-0.05, 0) is 37.0 Å². The van der Waals surface area contributed by atoms with E-state index in [0.717, 1.165) is 45.4 Å². The minimum absolute atomic E-state index is 0. The van der Waals surface area contributed by atoms with Gasteiger partial charge < -0.3 is 15.4 Å². The third-order valence-corrected chi connectivity index (χ3v) is 5.20. The topological polar surface area (TPSA) is 48.9 Å². The van der Waals surface area contributed by atoms with Crippen molar-refractivity contribution in [3.05, 3.63) is 0 Å². The summed E-state index contributed by atoms with van der Waals surface area (Å²) in [5.74, 6) is 1.57. The van der Waals surface area contributed by atoms with E-state index in [2.05, 4.69) is 41.3 Å². The van der Waals surface area contributed by atoms with Gasteiger partial charge in [0, 0.05) is 39.3 Å². The summed E-state index contributed by atoms with van der Waals surface area (Å²) in [7, 11) is 1.87. The van der Waals surface area contributed by atoms with Gasteiger partial charge in [-0.1, -0.05) is 20.8 Å². The van der Waals surface area contributed by atoms with Crippen molar-refractivity contribution >= 4 is 29.9 Å². The highest BCUT2D eigenvalue weighted by atomic mass is 127. The van der Waals surface area contributed by atoms with Crippen molar-refractivity contribution in [2.45, 2.75) is 52.5 Å². The number of hydrogen-bond donors (Lipinski definition) is 2. The van der Waals surface area contributed by atoms with Crippen LogP contribution in [0.15, 0.2) is 4.99 Å². The quantitative estimate of drug-likeness (QED) is 0.383. The van der Waals surface area contributed by atoms with Crippen LogP contribution < -0.4 is 10.6 Å². The Morgan fingerprint density at radius 1 is 1.25 bits per heavy atom. The van der Waals surface area contributed by atoms with E-state index in [1.54, 1.807) is 0 Å². The summed E-state index contributed by atoms with van der Waals surface area (Å²) in [6, 6.07) is 0.573. The highest BCUT2D eigenvalue weighted by Gasteiger charge is 2.27. The molecule has 1 unspecified atom stereocenters. The lowest BCUT2D eigenvalue weighted by Gasteiger charge is -2.35. The van der Waals surface area contributed by atoms with Crippen LogP contribution in [0.2, 0.25) is 0 Å². The predicted molar refractivity (Wildman–Crippen MR) is 112 cm³/mol. The van der Waals surface area contributed by atoms with Crippen molar-refractivity contribution in [3.63, 3.8) is 0 Å². The van der Waals surface area contributed by atoms with Crippen molar-refractivity contribution in [2.24, 2.45) is 16.3 Å². The van der Waals surface area contributed by atoms with Crippen molar-refractivity contribution in [2.75, 3.05) is 46.4 Å². The van der Waals surface area contributed by atoms with Crippen LogP contribution in [0.5, 0.6) is 0 Å². The van der Waals surface area contributed by atoms with Crippen LogP contribution in [0.1, 0.15) is 46.5 Å². The molecule has 24 heavy (non-hydrogen) atoms. The lowest BCUT2D eigenvalue weighted by molar-refractivity contribution is 0.0320. The zero-order valence-corrected chi connectivity index (χ0v) is 18.3. The molecule has 2 rings (SSSR count). The molecule has 0 aromatic carbocycles. The molecule has 0 spiro atoms. The van der Waals surface area contributed by atoms with E-state index in [1.165, 1.54) is 25.7 Å². The minimum atomic E-state index is 0. The van der Waals surface area contributed by atoms with Gasteiger partial charge in [-0.15, -0.1) is 24.0 Å². The van der Waals surface area contributed by atoms with E-state index >= 15 is 0 Å². The largest absolute Gasteiger partial charge is 0.379 e. The van der Waals surface area contributed by atoms with Gasteiger partial charge in [0.1, 0.15) is 0 Å². The molecular weight excluding hydrogens is 415 g/mol. The molecule has 5 nitrogen and oxygen atoms in total. The van der Waals surface area contributed by atoms with Crippen LogP contribution >= 0.6 is 24.0 Å². The second-order valence-electron chi connectivity index (χ2n) is 8.05. The van der Waals surface area contributed by atoms with Gasteiger partial charge in [0.2, 0.25) is 0 Å². The monoisotopic (exact) mass is 452 g/mol. The summed E-state index contributed by atoms with van der Waals surface area (Å²) in [6.45, 7) is 13.0. The maximum atomic E-state index is 5.41. The van der Waals surface area contributed by atoms with Crippen LogP contribution in [0, 0.1) is 11.3 Å². The second-order valence-corrected chi connectivity index (χ2v) is 8.05. The minimum Gasteiger partial charge on any atom is -0.379 e. The molecule has 0 radical (unpaired) electrons. The Labute approximate surface area is 165 Å². The highest BCUT2D eigenvalue weighted by molar-refractivity contribution is 14.0. The molecule has 1 aliphatic carbocycles. The van der Waals surface area contributed by atoms with E-state index in [4.69, 9.17) is 4.74 Å². The molecule has 1 heterocycles. The number of nitrogens with one attached hydrogen (secondary N) is 2. The zero-order valence-electron chi connectivity index (χ0n) is 15.9. The Kier molecular flexibility index (Phi) is 9.89. The second kappa shape index (κ2) is 10.8. The number of rotatable bonds is 5. The molecule has 1 saturated carbocycles. The first-order valence-electron chi connectivity index (χ1n) is 9.26. The molecule has 2 aliphatic rings. The Morgan fingerprint density at radius 2 is 1.88 bits per heavy atom. The average Bonchev–Trinajstić information content (AvgIpc) is 2.54. The number of hydrogen-bond acceptors (Lipinski definition) is 3. The first-order valence-corrected chi connectivity index (χ1v) is 9.26. The van der Waals surface area contributed by atoms with Crippen molar-refractivity contribution in [1.82, 2.24) is 15.5 Å². The van der Waals surface area contributed by atoms with Crippen LogP contribution in [0.25, 0.3) is 0 Å². The number of guanidine groups is 1. The molecule has 1 aliphatic heterocycles. The van der Waals surface area contributed by atoms with Gasteiger partial charge >= 0.3 is 0 Å². The molecule has 2 N–H and O–H groups in total. The number of halogens is 1. The molecular formula is C18H37IN4O. The maximum Gasteiger partial charge on any atom is 0.191 e. The molecule has 1 atom stereocenters. The van der Waals surface area contributed by atoms with Crippen LogP contribution in [0.3, 0.4) is 0 Å². The fourth-order valence-electron chi connectivity index (χ4n) is 3.49. The third-order valence-electron chi connectivity index (χ3n) is 5.20. The Morgan fingerprint density at radius 3 is 2.46 bits per heavy atom. The molecule has 1 saturated heterocycles. The molecule has 2 fully saturated rings. The first-order chi connectivity index (χ1) is 11.0. The van der Waals surface area contributed by atoms with Crippen LogP contribution in [-0.2, 0) is 4.74 Å². The van der Waals surface area contributed by atoms with Gasteiger partial charge in [-0.25, -0.2) is 0 Å². The highest BCUT2D eigenvalue weighted by Crippen LogP contribution is 2.34. The summed E-state index contributed by atoms with van der Waals surface area (Å²) < 4.78 is 5.41. The summed E-state index contributed by atoms with van der Waals surface area (Å²) in [6.07, 6.45) is 5.10. The number of ether oxygens (including phenoxy) is 1. The van der Waals surface area contributed by atoms with Gasteiger partial charge in [0.25, 0.3) is 0 Å². The molecule has 0 amide bonds. The average molecular weight is 452 g/mol. The number of aliphatic imine (C=N–C) groups is 1. The predicted octanol–water partition coefficient (Wildman–Crippen LogP) is 2.71. The van der Waals surface area contributed by atoms with Gasteiger partial charge in [-0.2, -0.15) is 0 Å². The Hall–Kier alpha value is -0.0800. The fourth-order valence-corrected chi connectivity index (χ4v) is 3.49. The maximum absolute atomic E-state index is 5.41. The standard InChI is InChI=1S/C18H36N4O.HI/c1-15(14-22-9-11-23-12-10-22)13-20-17(19-4)21-16-5-7-18(2,3)8-6-16;/h15-16H,5-14H2,1-4H3,(H2,19,20,21);1H. The molecule has 0 aromatic rings. The summed E-state index contributed by atoms with van der Waals surface area (Å²) >= 11 is 0. The Bertz CT molecular complexity index is 373. The number of morpholine rings is 1. The van der Waals surface area contributed by atoms with Gasteiger partial charge in [-0.3, -0.25) is 9.89 Å². The van der Waals surface area contributed by atoms with Gasteiger partial charge in [0.15, 0.2) is 5.96 Å².